The number of amides is 1. The molecule has 94 valence electrons. The highest BCUT2D eigenvalue weighted by atomic mass is 127. The van der Waals surface area contributed by atoms with Gasteiger partial charge >= 0.3 is 0 Å². The third-order valence-corrected chi connectivity index (χ3v) is 3.54. The first-order valence-corrected chi connectivity index (χ1v) is 7.04. The van der Waals surface area contributed by atoms with E-state index >= 15 is 0 Å². The first kappa shape index (κ1) is 14.2. The fraction of sp³-hybridized carbons (Fsp3) is 0.500. The number of aromatic amines is 1. The van der Waals surface area contributed by atoms with Gasteiger partial charge in [-0.3, -0.25) is 9.59 Å². The van der Waals surface area contributed by atoms with Crippen LogP contribution in [0.25, 0.3) is 0 Å². The summed E-state index contributed by atoms with van der Waals surface area (Å²) in [5.74, 6) is 0.0435. The number of hydrogen-bond acceptors (Lipinski definition) is 2. The summed E-state index contributed by atoms with van der Waals surface area (Å²) in [5, 5.41) is 2.88. The summed E-state index contributed by atoms with van der Waals surface area (Å²) in [6.07, 6.45) is 1.47. The SMILES string of the molecule is Cc1cc(=O)c(C(=O)NC(CI)C(C)C)c[nH]1. The van der Waals surface area contributed by atoms with Crippen molar-refractivity contribution in [3.63, 3.8) is 0 Å². The van der Waals surface area contributed by atoms with E-state index in [1.807, 2.05) is 13.8 Å². The van der Waals surface area contributed by atoms with Crippen LogP contribution in [0, 0.1) is 12.8 Å². The van der Waals surface area contributed by atoms with Gasteiger partial charge < -0.3 is 10.3 Å². The predicted octanol–water partition coefficient (Wildman–Crippen LogP) is 1.87. The molecule has 17 heavy (non-hydrogen) atoms. The van der Waals surface area contributed by atoms with Crippen LogP contribution in [-0.2, 0) is 0 Å². The van der Waals surface area contributed by atoms with Gasteiger partial charge in [0.15, 0.2) is 5.43 Å². The van der Waals surface area contributed by atoms with Gasteiger partial charge in [-0.05, 0) is 12.8 Å². The van der Waals surface area contributed by atoms with E-state index in [-0.39, 0.29) is 22.9 Å². The number of rotatable bonds is 4. The zero-order valence-electron chi connectivity index (χ0n) is 10.2. The first-order chi connectivity index (χ1) is 7.95. The molecule has 0 aliphatic heterocycles. The Bertz CT molecular complexity index is 454. The molecule has 0 radical (unpaired) electrons. The van der Waals surface area contributed by atoms with E-state index < -0.39 is 0 Å². The highest BCUT2D eigenvalue weighted by molar-refractivity contribution is 14.1. The molecule has 0 spiro atoms. The van der Waals surface area contributed by atoms with Crippen LogP contribution in [0.3, 0.4) is 0 Å². The van der Waals surface area contributed by atoms with E-state index in [1.54, 1.807) is 6.92 Å². The van der Waals surface area contributed by atoms with Gasteiger partial charge in [-0.2, -0.15) is 0 Å². The molecule has 1 amide bonds. The van der Waals surface area contributed by atoms with Gasteiger partial charge in [0.25, 0.3) is 5.91 Å². The van der Waals surface area contributed by atoms with Crippen molar-refractivity contribution in [1.82, 2.24) is 10.3 Å². The minimum absolute atomic E-state index is 0.0869. The van der Waals surface area contributed by atoms with Gasteiger partial charge in [0, 0.05) is 28.4 Å². The van der Waals surface area contributed by atoms with Crippen LogP contribution in [0.4, 0.5) is 0 Å². The Morgan fingerprint density at radius 3 is 2.65 bits per heavy atom. The Kier molecular flexibility index (Phi) is 5.17. The molecule has 0 saturated carbocycles. The van der Waals surface area contributed by atoms with Crippen LogP contribution >= 0.6 is 22.6 Å². The fourth-order valence-electron chi connectivity index (χ4n) is 1.38. The molecule has 0 aliphatic carbocycles. The summed E-state index contributed by atoms with van der Waals surface area (Å²) in [7, 11) is 0. The van der Waals surface area contributed by atoms with E-state index in [0.717, 1.165) is 10.1 Å². The summed E-state index contributed by atoms with van der Waals surface area (Å²) in [6, 6.07) is 1.52. The highest BCUT2D eigenvalue weighted by Gasteiger charge is 2.17. The molecule has 1 unspecified atom stereocenters. The third kappa shape index (κ3) is 3.83. The van der Waals surface area contributed by atoms with Gasteiger partial charge in [-0.25, -0.2) is 0 Å². The molecule has 1 rings (SSSR count). The molecule has 1 atom stereocenters. The van der Waals surface area contributed by atoms with Gasteiger partial charge in [-0.15, -0.1) is 0 Å². The number of nitrogens with one attached hydrogen (secondary N) is 2. The number of pyridine rings is 1. The standard InChI is InChI=1S/C12H17IN2O2/c1-7(2)10(5-13)15-12(17)9-6-14-8(3)4-11(9)16/h4,6-7,10H,5H2,1-3H3,(H,14,16)(H,15,17). The smallest absolute Gasteiger partial charge is 0.256 e. The second-order valence-electron chi connectivity index (χ2n) is 4.37. The molecule has 0 saturated heterocycles. The number of aromatic nitrogens is 1. The Balaban J connectivity index is 2.86. The number of aryl methyl sites for hydroxylation is 1. The maximum atomic E-state index is 11.9. The lowest BCUT2D eigenvalue weighted by Crippen LogP contribution is -2.41. The van der Waals surface area contributed by atoms with Crippen molar-refractivity contribution in [1.29, 1.82) is 0 Å². The molecule has 1 aromatic rings. The summed E-state index contributed by atoms with van der Waals surface area (Å²) in [6.45, 7) is 5.87. The summed E-state index contributed by atoms with van der Waals surface area (Å²) < 4.78 is 0.824. The topological polar surface area (TPSA) is 62.0 Å². The largest absolute Gasteiger partial charge is 0.364 e. The lowest BCUT2D eigenvalue weighted by atomic mass is 10.1. The van der Waals surface area contributed by atoms with Crippen molar-refractivity contribution in [3.8, 4) is 0 Å². The maximum absolute atomic E-state index is 11.9. The summed E-state index contributed by atoms with van der Waals surface area (Å²) in [5.41, 5.74) is 0.682. The van der Waals surface area contributed by atoms with Crippen LogP contribution < -0.4 is 10.7 Å². The maximum Gasteiger partial charge on any atom is 0.256 e. The molecule has 2 N–H and O–H groups in total. The Labute approximate surface area is 114 Å². The number of hydrogen-bond donors (Lipinski definition) is 2. The van der Waals surface area contributed by atoms with E-state index in [4.69, 9.17) is 0 Å². The third-order valence-electron chi connectivity index (χ3n) is 2.59. The zero-order valence-corrected chi connectivity index (χ0v) is 12.4. The zero-order chi connectivity index (χ0) is 13.0. The molecule has 1 aromatic heterocycles. The average Bonchev–Trinajstić information content (AvgIpc) is 2.24. The number of carbonyl (C=O) groups is 1. The summed E-state index contributed by atoms with van der Waals surface area (Å²) in [4.78, 5) is 26.4. The van der Waals surface area contributed by atoms with Crippen molar-refractivity contribution in [2.24, 2.45) is 5.92 Å². The highest BCUT2D eigenvalue weighted by Crippen LogP contribution is 2.06. The molecular weight excluding hydrogens is 331 g/mol. The molecule has 4 nitrogen and oxygen atoms in total. The second-order valence-corrected chi connectivity index (χ2v) is 5.25. The van der Waals surface area contributed by atoms with Crippen molar-refractivity contribution in [2.45, 2.75) is 26.8 Å². The van der Waals surface area contributed by atoms with E-state index in [1.165, 1.54) is 12.3 Å². The Morgan fingerprint density at radius 2 is 2.18 bits per heavy atom. The molecule has 0 fully saturated rings. The first-order valence-electron chi connectivity index (χ1n) is 5.52. The van der Waals surface area contributed by atoms with Crippen LogP contribution in [0.1, 0.15) is 29.9 Å². The molecule has 0 aromatic carbocycles. The predicted molar refractivity (Wildman–Crippen MR) is 76.8 cm³/mol. The van der Waals surface area contributed by atoms with Crippen LogP contribution in [0.2, 0.25) is 0 Å². The minimum atomic E-state index is -0.304. The normalized spacial score (nSPS) is 12.5. The van der Waals surface area contributed by atoms with E-state index in [2.05, 4.69) is 32.9 Å². The van der Waals surface area contributed by atoms with Crippen molar-refractivity contribution in [2.75, 3.05) is 4.43 Å². The van der Waals surface area contributed by atoms with Gasteiger partial charge in [0.05, 0.1) is 0 Å². The second kappa shape index (κ2) is 6.18. The quantitative estimate of drug-likeness (QED) is 0.645. The van der Waals surface area contributed by atoms with E-state index in [9.17, 15) is 9.59 Å². The lowest BCUT2D eigenvalue weighted by molar-refractivity contribution is 0.0930. The Hall–Kier alpha value is -0.850. The number of alkyl halides is 1. The lowest BCUT2D eigenvalue weighted by Gasteiger charge is -2.19. The molecule has 0 bridgehead atoms. The molecule has 1 heterocycles. The number of H-pyrrole nitrogens is 1. The number of halogens is 1. The van der Waals surface area contributed by atoms with Gasteiger partial charge in [-0.1, -0.05) is 36.4 Å². The Morgan fingerprint density at radius 1 is 1.53 bits per heavy atom. The fourth-order valence-corrected chi connectivity index (χ4v) is 2.62. The van der Waals surface area contributed by atoms with Crippen LogP contribution in [0.5, 0.6) is 0 Å². The summed E-state index contributed by atoms with van der Waals surface area (Å²) >= 11 is 2.23. The van der Waals surface area contributed by atoms with Crippen LogP contribution in [-0.4, -0.2) is 21.4 Å². The van der Waals surface area contributed by atoms with Crippen molar-refractivity contribution < 1.29 is 4.79 Å². The number of carbonyl (C=O) groups excluding carboxylic acids is 1. The van der Waals surface area contributed by atoms with Crippen molar-refractivity contribution >= 4 is 28.5 Å². The average molecular weight is 348 g/mol. The van der Waals surface area contributed by atoms with Crippen molar-refractivity contribution in [3.05, 3.63) is 33.7 Å². The molecule has 5 heteroatoms. The molecular formula is C12H17IN2O2. The van der Waals surface area contributed by atoms with E-state index in [0.29, 0.717) is 5.92 Å². The molecule has 0 aliphatic rings. The van der Waals surface area contributed by atoms with Gasteiger partial charge in [0.2, 0.25) is 0 Å². The van der Waals surface area contributed by atoms with Crippen LogP contribution in [0.15, 0.2) is 17.1 Å². The monoisotopic (exact) mass is 348 g/mol. The van der Waals surface area contributed by atoms with Gasteiger partial charge in [0.1, 0.15) is 5.56 Å². The minimum Gasteiger partial charge on any atom is -0.364 e.